The predicted octanol–water partition coefficient (Wildman–Crippen LogP) is 3.14. The molecule has 1 aliphatic carbocycles. The molecule has 2 aliphatic rings. The maximum absolute atomic E-state index is 12.6. The third kappa shape index (κ3) is 2.60. The Balaban J connectivity index is 1.70. The van der Waals surface area contributed by atoms with Crippen LogP contribution in [0.4, 0.5) is 0 Å². The highest BCUT2D eigenvalue weighted by Crippen LogP contribution is 2.50. The number of likely N-dealkylation sites (tertiary alicyclic amines) is 1. The molecule has 1 amide bonds. The lowest BCUT2D eigenvalue weighted by atomic mass is 9.94. The summed E-state index contributed by atoms with van der Waals surface area (Å²) in [6.45, 7) is 3.81. The first-order valence-electron chi connectivity index (χ1n) is 7.41. The Kier molecular flexibility index (Phi) is 3.80. The van der Waals surface area contributed by atoms with E-state index in [9.17, 15) is 4.79 Å². The highest BCUT2D eigenvalue weighted by Gasteiger charge is 2.50. The molecule has 1 aliphatic heterocycles. The second kappa shape index (κ2) is 5.43. The molecule has 0 bridgehead atoms. The number of aromatic nitrogens is 2. The minimum atomic E-state index is -0.0253. The standard InChI is InChI=1S/C15H20BrN3O/c1-2-15(5-6-15)14(20)19-7-3-4-11(10-19)13-17-8-12(16)9-18-13/h8-9,11H,2-7,10H2,1H3. The summed E-state index contributed by atoms with van der Waals surface area (Å²) in [6.07, 6.45) is 8.81. The number of piperidine rings is 1. The van der Waals surface area contributed by atoms with E-state index in [-0.39, 0.29) is 11.3 Å². The molecule has 1 atom stereocenters. The molecule has 0 spiro atoms. The van der Waals surface area contributed by atoms with Gasteiger partial charge in [0.05, 0.1) is 4.47 Å². The smallest absolute Gasteiger partial charge is 0.228 e. The average Bonchev–Trinajstić information content (AvgIpc) is 3.28. The quantitative estimate of drug-likeness (QED) is 0.851. The van der Waals surface area contributed by atoms with E-state index in [0.29, 0.717) is 5.91 Å². The minimum Gasteiger partial charge on any atom is -0.341 e. The third-order valence-corrected chi connectivity index (χ3v) is 5.11. The van der Waals surface area contributed by atoms with Gasteiger partial charge in [0.15, 0.2) is 0 Å². The molecule has 0 radical (unpaired) electrons. The van der Waals surface area contributed by atoms with Gasteiger partial charge in [0.25, 0.3) is 0 Å². The third-order valence-electron chi connectivity index (χ3n) is 4.70. The van der Waals surface area contributed by atoms with E-state index in [1.54, 1.807) is 12.4 Å². The summed E-state index contributed by atoms with van der Waals surface area (Å²) in [7, 11) is 0. The fourth-order valence-electron chi connectivity index (χ4n) is 3.11. The first-order valence-corrected chi connectivity index (χ1v) is 8.21. The van der Waals surface area contributed by atoms with Crippen molar-refractivity contribution in [3.8, 4) is 0 Å². The first kappa shape index (κ1) is 14.0. The number of rotatable bonds is 3. The lowest BCUT2D eigenvalue weighted by Crippen LogP contribution is -2.43. The fraction of sp³-hybridized carbons (Fsp3) is 0.667. The van der Waals surface area contributed by atoms with Crippen LogP contribution in [0, 0.1) is 5.41 Å². The normalized spacial score (nSPS) is 24.5. The molecule has 1 saturated carbocycles. The van der Waals surface area contributed by atoms with Crippen LogP contribution < -0.4 is 0 Å². The van der Waals surface area contributed by atoms with Gasteiger partial charge in [-0.3, -0.25) is 4.79 Å². The van der Waals surface area contributed by atoms with Crippen LogP contribution in [0.3, 0.4) is 0 Å². The Morgan fingerprint density at radius 2 is 2.15 bits per heavy atom. The summed E-state index contributed by atoms with van der Waals surface area (Å²) in [5.74, 6) is 1.52. The molecule has 1 aromatic rings. The van der Waals surface area contributed by atoms with Gasteiger partial charge in [-0.2, -0.15) is 0 Å². The van der Waals surface area contributed by atoms with E-state index < -0.39 is 0 Å². The van der Waals surface area contributed by atoms with Crippen molar-refractivity contribution < 1.29 is 4.79 Å². The van der Waals surface area contributed by atoms with E-state index in [1.807, 2.05) is 0 Å². The molecule has 1 unspecified atom stereocenters. The second-order valence-electron chi connectivity index (χ2n) is 5.98. The SMILES string of the molecule is CCC1(C(=O)N2CCCC(c3ncc(Br)cn3)C2)CC1. The largest absolute Gasteiger partial charge is 0.341 e. The van der Waals surface area contributed by atoms with Crippen molar-refractivity contribution >= 4 is 21.8 Å². The van der Waals surface area contributed by atoms with Crippen LogP contribution in [0.25, 0.3) is 0 Å². The molecular formula is C15H20BrN3O. The number of nitrogens with zero attached hydrogens (tertiary/aromatic N) is 3. The van der Waals surface area contributed by atoms with E-state index in [4.69, 9.17) is 0 Å². The lowest BCUT2D eigenvalue weighted by molar-refractivity contribution is -0.138. The van der Waals surface area contributed by atoms with Crippen molar-refractivity contribution in [2.24, 2.45) is 5.41 Å². The maximum atomic E-state index is 12.6. The monoisotopic (exact) mass is 337 g/mol. The number of carbonyl (C=O) groups is 1. The van der Waals surface area contributed by atoms with Gasteiger partial charge in [-0.1, -0.05) is 6.92 Å². The predicted molar refractivity (Wildman–Crippen MR) is 80.2 cm³/mol. The highest BCUT2D eigenvalue weighted by molar-refractivity contribution is 9.10. The summed E-state index contributed by atoms with van der Waals surface area (Å²) in [5.41, 5.74) is -0.0253. The number of carbonyl (C=O) groups excluding carboxylic acids is 1. The van der Waals surface area contributed by atoms with Crippen molar-refractivity contribution in [1.82, 2.24) is 14.9 Å². The first-order chi connectivity index (χ1) is 9.64. The van der Waals surface area contributed by atoms with E-state index >= 15 is 0 Å². The Bertz CT molecular complexity index is 498. The van der Waals surface area contributed by atoms with Crippen molar-refractivity contribution in [3.05, 3.63) is 22.7 Å². The van der Waals surface area contributed by atoms with E-state index in [2.05, 4.69) is 37.7 Å². The Labute approximate surface area is 128 Å². The van der Waals surface area contributed by atoms with Gasteiger partial charge < -0.3 is 4.90 Å². The van der Waals surface area contributed by atoms with Gasteiger partial charge >= 0.3 is 0 Å². The van der Waals surface area contributed by atoms with Crippen LogP contribution in [0.1, 0.15) is 50.8 Å². The molecule has 3 rings (SSSR count). The fourth-order valence-corrected chi connectivity index (χ4v) is 3.32. The van der Waals surface area contributed by atoms with Crippen LogP contribution in [0.5, 0.6) is 0 Å². The summed E-state index contributed by atoms with van der Waals surface area (Å²) >= 11 is 3.36. The zero-order valence-electron chi connectivity index (χ0n) is 11.8. The van der Waals surface area contributed by atoms with Gasteiger partial charge in [0.2, 0.25) is 5.91 Å². The van der Waals surface area contributed by atoms with Crippen molar-refractivity contribution in [3.63, 3.8) is 0 Å². The number of hydrogen-bond donors (Lipinski definition) is 0. The van der Waals surface area contributed by atoms with Crippen LogP contribution >= 0.6 is 15.9 Å². The Morgan fingerprint density at radius 3 is 2.75 bits per heavy atom. The average molecular weight is 338 g/mol. The van der Waals surface area contributed by atoms with Gasteiger partial charge in [0, 0.05) is 36.8 Å². The van der Waals surface area contributed by atoms with E-state index in [1.165, 1.54) is 0 Å². The number of amides is 1. The Morgan fingerprint density at radius 1 is 1.45 bits per heavy atom. The number of hydrogen-bond acceptors (Lipinski definition) is 3. The second-order valence-corrected chi connectivity index (χ2v) is 6.90. The molecule has 4 nitrogen and oxygen atoms in total. The molecule has 5 heteroatoms. The topological polar surface area (TPSA) is 46.1 Å². The van der Waals surface area contributed by atoms with Gasteiger partial charge in [-0.25, -0.2) is 9.97 Å². The van der Waals surface area contributed by atoms with Crippen LogP contribution in [0.2, 0.25) is 0 Å². The summed E-state index contributed by atoms with van der Waals surface area (Å²) < 4.78 is 0.896. The lowest BCUT2D eigenvalue weighted by Gasteiger charge is -2.34. The van der Waals surface area contributed by atoms with Crippen LogP contribution in [0.15, 0.2) is 16.9 Å². The molecule has 0 aromatic carbocycles. The highest BCUT2D eigenvalue weighted by atomic mass is 79.9. The molecular weight excluding hydrogens is 318 g/mol. The Hall–Kier alpha value is -0.970. The molecule has 0 N–H and O–H groups in total. The summed E-state index contributed by atoms with van der Waals surface area (Å²) in [5, 5.41) is 0. The minimum absolute atomic E-state index is 0.0253. The molecule has 108 valence electrons. The molecule has 20 heavy (non-hydrogen) atoms. The van der Waals surface area contributed by atoms with Gasteiger partial charge in [0.1, 0.15) is 5.82 Å². The van der Waals surface area contributed by atoms with E-state index in [0.717, 1.165) is 55.5 Å². The van der Waals surface area contributed by atoms with Gasteiger partial charge in [-0.15, -0.1) is 0 Å². The van der Waals surface area contributed by atoms with Crippen molar-refractivity contribution in [2.75, 3.05) is 13.1 Å². The molecule has 1 saturated heterocycles. The van der Waals surface area contributed by atoms with Crippen molar-refractivity contribution in [1.29, 1.82) is 0 Å². The zero-order chi connectivity index (χ0) is 14.2. The molecule has 2 fully saturated rings. The molecule has 1 aromatic heterocycles. The van der Waals surface area contributed by atoms with Crippen LogP contribution in [-0.4, -0.2) is 33.9 Å². The van der Waals surface area contributed by atoms with Crippen LogP contribution in [-0.2, 0) is 4.79 Å². The summed E-state index contributed by atoms with van der Waals surface area (Å²) in [6, 6.07) is 0. The summed E-state index contributed by atoms with van der Waals surface area (Å²) in [4.78, 5) is 23.5. The maximum Gasteiger partial charge on any atom is 0.228 e. The molecule has 2 heterocycles. The zero-order valence-corrected chi connectivity index (χ0v) is 13.4. The van der Waals surface area contributed by atoms with Gasteiger partial charge in [-0.05, 0) is 48.0 Å². The van der Waals surface area contributed by atoms with Crippen molar-refractivity contribution in [2.45, 2.75) is 44.9 Å². The number of halogens is 1.